The molecule has 0 atom stereocenters. The SMILES string of the molecule is CCN(C(=O)c1snnc1C(C)(C)C)C1CNC1. The van der Waals surface area contributed by atoms with Gasteiger partial charge < -0.3 is 10.2 Å². The summed E-state index contributed by atoms with van der Waals surface area (Å²) >= 11 is 1.21. The second kappa shape index (κ2) is 4.93. The van der Waals surface area contributed by atoms with Gasteiger partial charge in [-0.25, -0.2) is 0 Å². The van der Waals surface area contributed by atoms with Crippen molar-refractivity contribution in [1.29, 1.82) is 0 Å². The molecule has 0 radical (unpaired) electrons. The Morgan fingerprint density at radius 3 is 2.61 bits per heavy atom. The number of aromatic nitrogens is 2. The van der Waals surface area contributed by atoms with Crippen LogP contribution in [-0.4, -0.2) is 46.1 Å². The second-order valence-corrected chi connectivity index (χ2v) is 6.36. The van der Waals surface area contributed by atoms with Crippen molar-refractivity contribution in [3.63, 3.8) is 0 Å². The zero-order valence-electron chi connectivity index (χ0n) is 11.4. The van der Waals surface area contributed by atoms with Crippen molar-refractivity contribution in [3.05, 3.63) is 10.6 Å². The van der Waals surface area contributed by atoms with Gasteiger partial charge in [-0.15, -0.1) is 5.10 Å². The third-order valence-corrected chi connectivity index (χ3v) is 3.91. The molecule has 2 rings (SSSR count). The Kier molecular flexibility index (Phi) is 3.68. The molecule has 1 aliphatic rings. The maximum Gasteiger partial charge on any atom is 0.267 e. The molecule has 100 valence electrons. The van der Waals surface area contributed by atoms with E-state index >= 15 is 0 Å². The highest BCUT2D eigenvalue weighted by Gasteiger charge is 2.33. The monoisotopic (exact) mass is 268 g/mol. The Morgan fingerprint density at radius 2 is 2.17 bits per heavy atom. The van der Waals surface area contributed by atoms with Gasteiger partial charge in [-0.05, 0) is 18.5 Å². The van der Waals surface area contributed by atoms with Crippen LogP contribution in [0.2, 0.25) is 0 Å². The molecule has 0 aromatic carbocycles. The fourth-order valence-corrected chi connectivity index (χ4v) is 2.85. The average molecular weight is 268 g/mol. The lowest BCUT2D eigenvalue weighted by Gasteiger charge is -2.37. The van der Waals surface area contributed by atoms with Crippen LogP contribution in [0.5, 0.6) is 0 Å². The van der Waals surface area contributed by atoms with E-state index in [9.17, 15) is 4.79 Å². The summed E-state index contributed by atoms with van der Waals surface area (Å²) in [6, 6.07) is 0.317. The lowest BCUT2D eigenvalue weighted by atomic mass is 9.91. The van der Waals surface area contributed by atoms with Crippen LogP contribution in [0.3, 0.4) is 0 Å². The van der Waals surface area contributed by atoms with E-state index in [2.05, 4.69) is 35.7 Å². The minimum atomic E-state index is -0.144. The Labute approximate surface area is 112 Å². The summed E-state index contributed by atoms with van der Waals surface area (Å²) in [6.07, 6.45) is 0. The summed E-state index contributed by atoms with van der Waals surface area (Å²) in [6.45, 7) is 10.7. The predicted octanol–water partition coefficient (Wildman–Crippen LogP) is 1.27. The molecular weight excluding hydrogens is 248 g/mol. The first-order chi connectivity index (χ1) is 8.45. The average Bonchev–Trinajstić information content (AvgIpc) is 2.70. The number of hydrogen-bond donors (Lipinski definition) is 1. The molecule has 1 saturated heterocycles. The molecule has 0 aliphatic carbocycles. The third kappa shape index (κ3) is 2.40. The van der Waals surface area contributed by atoms with Crippen molar-refractivity contribution < 1.29 is 4.79 Å². The standard InChI is InChI=1S/C12H20N4OS/c1-5-16(8-6-13-7-8)11(17)9-10(12(2,3)4)14-15-18-9/h8,13H,5-7H2,1-4H3. The number of hydrogen-bond acceptors (Lipinski definition) is 5. The summed E-state index contributed by atoms with van der Waals surface area (Å²) in [7, 11) is 0. The smallest absolute Gasteiger partial charge is 0.267 e. The Balaban J connectivity index is 2.25. The molecule has 6 heteroatoms. The lowest BCUT2D eigenvalue weighted by Crippen LogP contribution is -2.58. The van der Waals surface area contributed by atoms with Crippen LogP contribution < -0.4 is 5.32 Å². The van der Waals surface area contributed by atoms with E-state index in [-0.39, 0.29) is 11.3 Å². The molecule has 0 unspecified atom stereocenters. The van der Waals surface area contributed by atoms with E-state index in [0.29, 0.717) is 10.9 Å². The number of nitrogens with one attached hydrogen (secondary N) is 1. The van der Waals surface area contributed by atoms with E-state index in [1.54, 1.807) is 0 Å². The molecule has 0 spiro atoms. The fraction of sp³-hybridized carbons (Fsp3) is 0.750. The predicted molar refractivity (Wildman–Crippen MR) is 72.0 cm³/mol. The lowest BCUT2D eigenvalue weighted by molar-refractivity contribution is 0.0632. The summed E-state index contributed by atoms with van der Waals surface area (Å²) in [5.74, 6) is 0.0731. The normalized spacial score (nSPS) is 16.4. The number of carbonyl (C=O) groups is 1. The molecular formula is C12H20N4OS. The van der Waals surface area contributed by atoms with Gasteiger partial charge in [0.25, 0.3) is 5.91 Å². The highest BCUT2D eigenvalue weighted by Crippen LogP contribution is 2.27. The van der Waals surface area contributed by atoms with Gasteiger partial charge in [0.15, 0.2) is 0 Å². The van der Waals surface area contributed by atoms with Crippen LogP contribution in [-0.2, 0) is 5.41 Å². The molecule has 5 nitrogen and oxygen atoms in total. The van der Waals surface area contributed by atoms with Gasteiger partial charge in [-0.3, -0.25) is 4.79 Å². The van der Waals surface area contributed by atoms with Gasteiger partial charge in [0.1, 0.15) is 4.88 Å². The summed E-state index contributed by atoms with van der Waals surface area (Å²) in [5.41, 5.74) is 0.665. The first-order valence-electron chi connectivity index (χ1n) is 6.29. The minimum Gasteiger partial charge on any atom is -0.333 e. The number of rotatable bonds is 3. The van der Waals surface area contributed by atoms with Crippen molar-refractivity contribution in [2.45, 2.75) is 39.2 Å². The number of nitrogens with zero attached hydrogens (tertiary/aromatic N) is 3. The molecule has 1 aliphatic heterocycles. The molecule has 1 aromatic heterocycles. The van der Waals surface area contributed by atoms with Crippen LogP contribution >= 0.6 is 11.5 Å². The van der Waals surface area contributed by atoms with Crippen molar-refractivity contribution in [2.24, 2.45) is 0 Å². The Hall–Kier alpha value is -1.01. The molecule has 18 heavy (non-hydrogen) atoms. The first-order valence-corrected chi connectivity index (χ1v) is 7.07. The van der Waals surface area contributed by atoms with Crippen molar-refractivity contribution in [2.75, 3.05) is 19.6 Å². The maximum absolute atomic E-state index is 12.6. The number of likely N-dealkylation sites (N-methyl/N-ethyl adjacent to an activating group) is 1. The van der Waals surface area contributed by atoms with E-state index < -0.39 is 0 Å². The van der Waals surface area contributed by atoms with E-state index in [1.165, 1.54) is 11.5 Å². The van der Waals surface area contributed by atoms with Gasteiger partial charge in [-0.1, -0.05) is 25.3 Å². The third-order valence-electron chi connectivity index (χ3n) is 3.19. The minimum absolute atomic E-state index is 0.0731. The molecule has 1 amide bonds. The Morgan fingerprint density at radius 1 is 1.50 bits per heavy atom. The summed E-state index contributed by atoms with van der Waals surface area (Å²) in [5, 5.41) is 7.33. The quantitative estimate of drug-likeness (QED) is 0.897. The molecule has 0 saturated carbocycles. The van der Waals surface area contributed by atoms with Crippen LogP contribution in [0.15, 0.2) is 0 Å². The number of carbonyl (C=O) groups excluding carboxylic acids is 1. The maximum atomic E-state index is 12.6. The van der Waals surface area contributed by atoms with Crippen LogP contribution in [0, 0.1) is 0 Å². The topological polar surface area (TPSA) is 58.1 Å². The molecule has 1 aromatic rings. The highest BCUT2D eigenvalue weighted by molar-refractivity contribution is 7.08. The number of amides is 1. The zero-order valence-corrected chi connectivity index (χ0v) is 12.2. The molecule has 2 heterocycles. The fourth-order valence-electron chi connectivity index (χ4n) is 2.01. The largest absolute Gasteiger partial charge is 0.333 e. The Bertz CT molecular complexity index is 434. The van der Waals surface area contributed by atoms with Gasteiger partial charge >= 0.3 is 0 Å². The second-order valence-electron chi connectivity index (χ2n) is 5.60. The van der Waals surface area contributed by atoms with Crippen LogP contribution in [0.25, 0.3) is 0 Å². The first kappa shape index (κ1) is 13.4. The molecule has 0 bridgehead atoms. The molecule has 1 N–H and O–H groups in total. The van der Waals surface area contributed by atoms with Gasteiger partial charge in [0.05, 0.1) is 11.7 Å². The highest BCUT2D eigenvalue weighted by atomic mass is 32.1. The van der Waals surface area contributed by atoms with Crippen molar-refractivity contribution in [3.8, 4) is 0 Å². The van der Waals surface area contributed by atoms with Crippen LogP contribution in [0.1, 0.15) is 43.1 Å². The van der Waals surface area contributed by atoms with E-state index in [0.717, 1.165) is 25.3 Å². The van der Waals surface area contributed by atoms with E-state index in [1.807, 2.05) is 11.8 Å². The van der Waals surface area contributed by atoms with E-state index in [4.69, 9.17) is 0 Å². The van der Waals surface area contributed by atoms with Gasteiger partial charge in [-0.2, -0.15) is 0 Å². The van der Waals surface area contributed by atoms with Crippen LogP contribution in [0.4, 0.5) is 0 Å². The summed E-state index contributed by atoms with van der Waals surface area (Å²) < 4.78 is 3.96. The van der Waals surface area contributed by atoms with Gasteiger partial charge in [0, 0.05) is 25.0 Å². The summed E-state index contributed by atoms with van der Waals surface area (Å²) in [4.78, 5) is 15.2. The zero-order chi connectivity index (χ0) is 13.3. The van der Waals surface area contributed by atoms with Gasteiger partial charge in [0.2, 0.25) is 0 Å². The van der Waals surface area contributed by atoms with Crippen molar-refractivity contribution in [1.82, 2.24) is 19.8 Å². The molecule has 1 fully saturated rings. The van der Waals surface area contributed by atoms with Crippen molar-refractivity contribution >= 4 is 17.4 Å².